The van der Waals surface area contributed by atoms with Gasteiger partial charge in [-0.2, -0.15) is 0 Å². The number of hydrogen-bond donors (Lipinski definition) is 1. The van der Waals surface area contributed by atoms with E-state index in [4.69, 9.17) is 16.7 Å². The summed E-state index contributed by atoms with van der Waals surface area (Å²) in [7, 11) is 3.15. The first-order chi connectivity index (χ1) is 17.7. The number of carbonyl (C=O) groups excluding carboxylic acids is 3. The van der Waals surface area contributed by atoms with E-state index in [0.717, 1.165) is 0 Å². The van der Waals surface area contributed by atoms with Gasteiger partial charge in [-0.1, -0.05) is 30.3 Å². The van der Waals surface area contributed by atoms with Crippen LogP contribution in [0, 0.1) is 0 Å². The minimum absolute atomic E-state index is 0.0186. The maximum Gasteiger partial charge on any atom is 0.325 e. The number of rotatable bonds is 8. The molecule has 1 N–H and O–H groups in total. The van der Waals surface area contributed by atoms with Crippen molar-refractivity contribution in [1.29, 1.82) is 0 Å². The Morgan fingerprint density at radius 3 is 2.49 bits per heavy atom. The molecule has 1 fully saturated rings. The third-order valence-corrected chi connectivity index (χ3v) is 6.42. The lowest BCUT2D eigenvalue weighted by Gasteiger charge is -2.21. The zero-order valence-corrected chi connectivity index (χ0v) is 21.2. The Labute approximate surface area is 218 Å². The second-order valence-corrected chi connectivity index (χ2v) is 8.81. The topological polar surface area (TPSA) is 135 Å². The summed E-state index contributed by atoms with van der Waals surface area (Å²) in [5.41, 5.74) is 1.80. The van der Waals surface area contributed by atoms with Crippen LogP contribution in [0.1, 0.15) is 35.0 Å². The largest absolute Gasteiger partial charge is 0.858 e. The molecule has 1 aliphatic heterocycles. The highest BCUT2D eigenvalue weighted by Crippen LogP contribution is 2.25. The summed E-state index contributed by atoms with van der Waals surface area (Å²) in [6, 6.07) is 14.1. The van der Waals surface area contributed by atoms with E-state index in [2.05, 4.69) is 15.6 Å². The second kappa shape index (κ2) is 10.7. The van der Waals surface area contributed by atoms with Gasteiger partial charge in [0.05, 0.1) is 6.42 Å². The van der Waals surface area contributed by atoms with E-state index < -0.39 is 17.8 Å². The lowest BCUT2D eigenvalue weighted by Crippen LogP contribution is -2.42. The molecule has 1 aromatic heterocycles. The monoisotopic (exact) mass is 520 g/mol. The number of amides is 2. The molecular formula is C25H24N6O5S. The van der Waals surface area contributed by atoms with Crippen LogP contribution in [0.5, 0.6) is 0 Å². The fourth-order valence-electron chi connectivity index (χ4n) is 3.82. The summed E-state index contributed by atoms with van der Waals surface area (Å²) < 4.78 is 6.66. The van der Waals surface area contributed by atoms with Crippen molar-refractivity contribution in [3.63, 3.8) is 0 Å². The van der Waals surface area contributed by atoms with Gasteiger partial charge in [-0.15, -0.1) is 0 Å². The molecule has 3 aromatic rings. The molecule has 0 saturated carbocycles. The van der Waals surface area contributed by atoms with Gasteiger partial charge in [-0.3, -0.25) is 23.8 Å². The molecule has 2 aromatic carbocycles. The fourth-order valence-corrected chi connectivity index (χ4v) is 4.10. The zero-order valence-electron chi connectivity index (χ0n) is 20.4. The fraction of sp³-hybridized carbons (Fsp3) is 0.240. The molecule has 37 heavy (non-hydrogen) atoms. The lowest BCUT2D eigenvalue weighted by atomic mass is 10.1. The van der Waals surface area contributed by atoms with E-state index in [0.29, 0.717) is 22.5 Å². The van der Waals surface area contributed by atoms with Crippen molar-refractivity contribution in [2.45, 2.75) is 25.9 Å². The number of nitrogens with zero attached hydrogens (tertiary/aromatic N) is 5. The van der Waals surface area contributed by atoms with Gasteiger partial charge in [0.2, 0.25) is 11.2 Å². The summed E-state index contributed by atoms with van der Waals surface area (Å²) in [6.45, 7) is 1.49. The van der Waals surface area contributed by atoms with Gasteiger partial charge in [0.1, 0.15) is 12.6 Å². The standard InChI is InChI=1S/C25H24N6O5S/c1-15(32)16-9-11-18(12-10-16)26-21(33)13-19-24(35)29(2)25(37)31(19)14-20-23(36-28-30(20)3)27-22(34)17-7-5-4-6-8-17/h4-12,19H,13-14H2,1-3H3,(H-,26,27,28,32,33,34). The average Bonchev–Trinajstić information content (AvgIpc) is 3.32. The molecule has 1 atom stereocenters. The first-order valence-corrected chi connectivity index (χ1v) is 11.7. The number of aliphatic imine (C=N–C) groups is 1. The molecule has 1 saturated heterocycles. The lowest BCUT2D eigenvalue weighted by molar-refractivity contribution is -0.746. The van der Waals surface area contributed by atoms with E-state index in [1.807, 2.05) is 0 Å². The molecule has 190 valence electrons. The van der Waals surface area contributed by atoms with Gasteiger partial charge in [-0.25, -0.2) is 4.99 Å². The Hall–Kier alpha value is -4.45. The smallest absolute Gasteiger partial charge is 0.325 e. The minimum Gasteiger partial charge on any atom is -0.858 e. The third kappa shape index (κ3) is 5.54. The molecule has 1 aliphatic rings. The number of thiocarbonyl (C=S) groups is 1. The van der Waals surface area contributed by atoms with Crippen molar-refractivity contribution in [2.24, 2.45) is 12.0 Å². The van der Waals surface area contributed by atoms with Crippen molar-refractivity contribution in [3.8, 4) is 0 Å². The molecule has 0 aliphatic carbocycles. The predicted octanol–water partition coefficient (Wildman–Crippen LogP) is 1.10. The summed E-state index contributed by atoms with van der Waals surface area (Å²) in [5.74, 6) is -1.36. The Kier molecular flexibility index (Phi) is 7.39. The highest BCUT2D eigenvalue weighted by Gasteiger charge is 2.43. The number of nitrogens with one attached hydrogen (secondary N) is 1. The highest BCUT2D eigenvalue weighted by atomic mass is 32.1. The van der Waals surface area contributed by atoms with Gasteiger partial charge in [-0.05, 0) is 59.6 Å². The summed E-state index contributed by atoms with van der Waals surface area (Å²) in [5, 5.41) is 19.4. The molecule has 4 rings (SSSR count). The molecular weight excluding hydrogens is 496 g/mol. The zero-order chi connectivity index (χ0) is 26.7. The summed E-state index contributed by atoms with van der Waals surface area (Å²) in [6.07, 6.45) is -0.178. The first kappa shape index (κ1) is 25.6. The van der Waals surface area contributed by atoms with Gasteiger partial charge in [0.25, 0.3) is 11.6 Å². The maximum atomic E-state index is 13.0. The Balaban J connectivity index is 1.54. The van der Waals surface area contributed by atoms with E-state index in [1.54, 1.807) is 66.5 Å². The number of hydrogen-bond acceptors (Lipinski definition) is 8. The van der Waals surface area contributed by atoms with Crippen molar-refractivity contribution in [1.82, 2.24) is 15.1 Å². The number of benzene rings is 2. The van der Waals surface area contributed by atoms with Crippen molar-refractivity contribution in [2.75, 3.05) is 12.4 Å². The van der Waals surface area contributed by atoms with Gasteiger partial charge < -0.3 is 15.3 Å². The van der Waals surface area contributed by atoms with Crippen LogP contribution >= 0.6 is 12.2 Å². The van der Waals surface area contributed by atoms with Crippen LogP contribution in [0.2, 0.25) is 0 Å². The number of carbonyl (C=O) groups is 3. The molecule has 0 radical (unpaired) electrons. The number of likely N-dealkylation sites (N-methyl/N-ethyl adjacent to an activating group) is 1. The van der Waals surface area contributed by atoms with Crippen LogP contribution < -0.4 is 15.1 Å². The highest BCUT2D eigenvalue weighted by molar-refractivity contribution is 7.80. The van der Waals surface area contributed by atoms with Gasteiger partial charge in [0.15, 0.2) is 17.9 Å². The Morgan fingerprint density at radius 1 is 1.16 bits per heavy atom. The molecule has 0 bridgehead atoms. The quantitative estimate of drug-likeness (QED) is 0.153. The molecule has 0 spiro atoms. The summed E-state index contributed by atoms with van der Waals surface area (Å²) in [4.78, 5) is 44.2. The van der Waals surface area contributed by atoms with Crippen LogP contribution in [-0.4, -0.2) is 56.8 Å². The number of aryl methyl sites for hydroxylation is 1. The molecule has 2 amide bonds. The van der Waals surface area contributed by atoms with Crippen LogP contribution in [0.3, 0.4) is 0 Å². The van der Waals surface area contributed by atoms with Crippen molar-refractivity contribution >= 4 is 52.4 Å². The number of Topliss-reactive ketones (excluding diaryl/α,β-unsaturated/α-hetero) is 1. The Morgan fingerprint density at radius 2 is 1.84 bits per heavy atom. The molecule has 11 nitrogen and oxygen atoms in total. The molecule has 1 unspecified atom stereocenters. The van der Waals surface area contributed by atoms with E-state index >= 15 is 0 Å². The Bertz CT molecular complexity index is 1390. The normalized spacial score (nSPS) is 15.9. The summed E-state index contributed by atoms with van der Waals surface area (Å²) >= 11 is 5.47. The SMILES string of the molecule is CC(=O)c1ccc(NC(=O)CC2C(=O)N(C)C(=S)N2Cc2c(/N=C(\[O-])c3ccccc3)on[n+]2C)cc1. The van der Waals surface area contributed by atoms with Crippen molar-refractivity contribution in [3.05, 3.63) is 71.4 Å². The van der Waals surface area contributed by atoms with E-state index in [-0.39, 0.29) is 35.7 Å². The van der Waals surface area contributed by atoms with Crippen molar-refractivity contribution < 1.29 is 28.7 Å². The van der Waals surface area contributed by atoms with Gasteiger partial charge in [0, 0.05) is 18.3 Å². The van der Waals surface area contributed by atoms with Crippen LogP contribution in [-0.2, 0) is 23.2 Å². The molecule has 12 heteroatoms. The van der Waals surface area contributed by atoms with Crippen LogP contribution in [0.4, 0.5) is 11.6 Å². The number of anilines is 1. The maximum absolute atomic E-state index is 13.0. The third-order valence-electron chi connectivity index (χ3n) is 5.91. The number of aromatic nitrogens is 2. The average molecular weight is 521 g/mol. The number of ketones is 1. The molecule has 2 heterocycles. The van der Waals surface area contributed by atoms with Crippen LogP contribution in [0.15, 0.2) is 64.1 Å². The van der Waals surface area contributed by atoms with E-state index in [1.165, 1.54) is 23.6 Å². The minimum atomic E-state index is -0.887. The predicted molar refractivity (Wildman–Crippen MR) is 135 cm³/mol. The first-order valence-electron chi connectivity index (χ1n) is 11.3. The second-order valence-electron chi connectivity index (χ2n) is 8.44. The van der Waals surface area contributed by atoms with E-state index in [9.17, 15) is 19.5 Å². The van der Waals surface area contributed by atoms with Gasteiger partial charge >= 0.3 is 5.88 Å². The van der Waals surface area contributed by atoms with Crippen LogP contribution in [0.25, 0.3) is 0 Å².